The van der Waals surface area contributed by atoms with Crippen molar-refractivity contribution in [3.8, 4) is 0 Å². The maximum atomic E-state index is 10.4. The van der Waals surface area contributed by atoms with Gasteiger partial charge in [-0.1, -0.05) is 0 Å². The molecule has 1 rings (SSSR count). The number of aliphatic hydroxyl groups is 1. The van der Waals surface area contributed by atoms with Crippen molar-refractivity contribution in [2.24, 2.45) is 5.41 Å². The number of carbonyl (C=O) groups is 1. The molecule has 1 aliphatic rings. The predicted octanol–water partition coefficient (Wildman–Crippen LogP) is 0.575. The maximum absolute atomic E-state index is 10.4. The van der Waals surface area contributed by atoms with E-state index in [1.165, 1.54) is 0 Å². The molecule has 0 amide bonds. The molecule has 0 saturated heterocycles. The van der Waals surface area contributed by atoms with Crippen molar-refractivity contribution < 1.29 is 15.0 Å². The number of thioether (sulfide) groups is 1. The van der Waals surface area contributed by atoms with Gasteiger partial charge in [0.2, 0.25) is 0 Å². The van der Waals surface area contributed by atoms with E-state index in [1.54, 1.807) is 11.8 Å². The van der Waals surface area contributed by atoms with Crippen LogP contribution in [0.4, 0.5) is 0 Å². The Morgan fingerprint density at radius 3 is 2.55 bits per heavy atom. The Hall–Kier alpha value is -0.220. The SMILES string of the molecule is CSCC1(C(O)C(=O)O)CC1. The summed E-state index contributed by atoms with van der Waals surface area (Å²) in [6.07, 6.45) is 2.46. The number of aliphatic carboxylic acids is 1. The highest BCUT2D eigenvalue weighted by Crippen LogP contribution is 2.50. The van der Waals surface area contributed by atoms with Crippen molar-refractivity contribution in [1.82, 2.24) is 0 Å². The van der Waals surface area contributed by atoms with Gasteiger partial charge in [-0.3, -0.25) is 0 Å². The van der Waals surface area contributed by atoms with Gasteiger partial charge >= 0.3 is 5.97 Å². The number of aliphatic hydroxyl groups excluding tert-OH is 1. The average molecular weight is 176 g/mol. The third-order valence-corrected chi connectivity index (χ3v) is 3.00. The first-order valence-corrected chi connectivity index (χ1v) is 4.91. The highest BCUT2D eigenvalue weighted by molar-refractivity contribution is 7.98. The van der Waals surface area contributed by atoms with Gasteiger partial charge in [-0.2, -0.15) is 11.8 Å². The lowest BCUT2D eigenvalue weighted by Crippen LogP contribution is -2.32. The molecule has 3 nitrogen and oxygen atoms in total. The van der Waals surface area contributed by atoms with E-state index >= 15 is 0 Å². The molecule has 1 atom stereocenters. The summed E-state index contributed by atoms with van der Waals surface area (Å²) in [5.41, 5.74) is -0.300. The molecule has 0 aromatic heterocycles. The summed E-state index contributed by atoms with van der Waals surface area (Å²) in [5.74, 6) is -0.336. The number of carboxylic acid groups (broad SMARTS) is 1. The van der Waals surface area contributed by atoms with Crippen LogP contribution in [-0.2, 0) is 4.79 Å². The van der Waals surface area contributed by atoms with E-state index in [0.717, 1.165) is 18.6 Å². The topological polar surface area (TPSA) is 57.5 Å². The zero-order valence-corrected chi connectivity index (χ0v) is 7.23. The molecule has 0 heterocycles. The largest absolute Gasteiger partial charge is 0.479 e. The summed E-state index contributed by atoms with van der Waals surface area (Å²) in [6, 6.07) is 0. The smallest absolute Gasteiger partial charge is 0.333 e. The standard InChI is InChI=1S/C7H12O3S/c1-11-4-7(2-3-7)5(8)6(9)10/h5,8H,2-4H2,1H3,(H,9,10). The first kappa shape index (κ1) is 8.87. The van der Waals surface area contributed by atoms with Crippen LogP contribution in [0.3, 0.4) is 0 Å². The van der Waals surface area contributed by atoms with Crippen LogP contribution in [0, 0.1) is 5.41 Å². The minimum absolute atomic E-state index is 0.300. The molecule has 0 aromatic carbocycles. The zero-order valence-electron chi connectivity index (χ0n) is 6.41. The highest BCUT2D eigenvalue weighted by atomic mass is 32.2. The molecule has 1 unspecified atom stereocenters. The number of carboxylic acids is 1. The molecule has 0 spiro atoms. The second-order valence-electron chi connectivity index (χ2n) is 3.04. The zero-order chi connectivity index (χ0) is 8.48. The molecule has 11 heavy (non-hydrogen) atoms. The van der Waals surface area contributed by atoms with Crippen LogP contribution in [0.1, 0.15) is 12.8 Å². The second kappa shape index (κ2) is 3.03. The van der Waals surface area contributed by atoms with Crippen LogP contribution in [0.15, 0.2) is 0 Å². The lowest BCUT2D eigenvalue weighted by molar-refractivity contribution is -0.150. The van der Waals surface area contributed by atoms with E-state index in [2.05, 4.69) is 0 Å². The lowest BCUT2D eigenvalue weighted by atomic mass is 10.0. The van der Waals surface area contributed by atoms with Gasteiger partial charge in [0.05, 0.1) is 0 Å². The molecule has 0 bridgehead atoms. The van der Waals surface area contributed by atoms with Crippen LogP contribution >= 0.6 is 11.8 Å². The van der Waals surface area contributed by atoms with Gasteiger partial charge in [-0.25, -0.2) is 4.79 Å². The third-order valence-electron chi connectivity index (χ3n) is 2.14. The number of rotatable bonds is 4. The van der Waals surface area contributed by atoms with Crippen molar-refractivity contribution in [2.75, 3.05) is 12.0 Å². The molecule has 0 aromatic rings. The van der Waals surface area contributed by atoms with Gasteiger partial charge in [0.15, 0.2) is 6.10 Å². The Kier molecular flexibility index (Phi) is 2.44. The molecular formula is C7H12O3S. The molecule has 2 N–H and O–H groups in total. The second-order valence-corrected chi connectivity index (χ2v) is 3.90. The molecular weight excluding hydrogens is 164 g/mol. The van der Waals surface area contributed by atoms with Crippen molar-refractivity contribution >= 4 is 17.7 Å². The molecule has 0 radical (unpaired) electrons. The van der Waals surface area contributed by atoms with Crippen molar-refractivity contribution in [2.45, 2.75) is 18.9 Å². The highest BCUT2D eigenvalue weighted by Gasteiger charge is 2.51. The molecule has 1 saturated carbocycles. The minimum Gasteiger partial charge on any atom is -0.479 e. The maximum Gasteiger partial charge on any atom is 0.333 e. The van der Waals surface area contributed by atoms with Crippen molar-refractivity contribution in [3.63, 3.8) is 0 Å². The summed E-state index contributed by atoms with van der Waals surface area (Å²) in [6.45, 7) is 0. The van der Waals surface area contributed by atoms with E-state index in [0.29, 0.717) is 0 Å². The summed E-state index contributed by atoms with van der Waals surface area (Å²) in [7, 11) is 0. The quantitative estimate of drug-likeness (QED) is 0.657. The molecule has 4 heteroatoms. The van der Waals surface area contributed by atoms with E-state index in [4.69, 9.17) is 5.11 Å². The Balaban J connectivity index is 2.50. The van der Waals surface area contributed by atoms with Gasteiger partial charge in [0.25, 0.3) is 0 Å². The summed E-state index contributed by atoms with van der Waals surface area (Å²) < 4.78 is 0. The number of hydrogen-bond acceptors (Lipinski definition) is 3. The first-order valence-electron chi connectivity index (χ1n) is 3.52. The van der Waals surface area contributed by atoms with Crippen LogP contribution in [-0.4, -0.2) is 34.3 Å². The van der Waals surface area contributed by atoms with Crippen molar-refractivity contribution in [1.29, 1.82) is 0 Å². The Labute approximate surface area is 69.8 Å². The van der Waals surface area contributed by atoms with E-state index < -0.39 is 12.1 Å². The molecule has 0 aliphatic heterocycles. The minimum atomic E-state index is -1.16. The molecule has 1 aliphatic carbocycles. The van der Waals surface area contributed by atoms with E-state index in [1.807, 2.05) is 6.26 Å². The molecule has 64 valence electrons. The van der Waals surface area contributed by atoms with Gasteiger partial charge in [-0.15, -0.1) is 0 Å². The Bertz CT molecular complexity index is 165. The van der Waals surface area contributed by atoms with Crippen LogP contribution < -0.4 is 0 Å². The monoisotopic (exact) mass is 176 g/mol. The van der Waals surface area contributed by atoms with Crippen LogP contribution in [0.5, 0.6) is 0 Å². The fourth-order valence-corrected chi connectivity index (χ4v) is 2.23. The summed E-state index contributed by atoms with van der Waals surface area (Å²) >= 11 is 1.59. The van der Waals surface area contributed by atoms with E-state index in [9.17, 15) is 9.90 Å². The third kappa shape index (κ3) is 1.68. The number of hydrogen-bond donors (Lipinski definition) is 2. The van der Waals surface area contributed by atoms with Crippen molar-refractivity contribution in [3.05, 3.63) is 0 Å². The summed E-state index contributed by atoms with van der Waals surface area (Å²) in [5, 5.41) is 17.8. The van der Waals surface area contributed by atoms with Gasteiger partial charge in [0, 0.05) is 11.2 Å². The predicted molar refractivity (Wildman–Crippen MR) is 43.7 cm³/mol. The summed E-state index contributed by atoms with van der Waals surface area (Å²) in [4.78, 5) is 10.4. The first-order chi connectivity index (χ1) is 5.12. The average Bonchev–Trinajstić information content (AvgIpc) is 2.69. The van der Waals surface area contributed by atoms with Crippen LogP contribution in [0.2, 0.25) is 0 Å². The normalized spacial score (nSPS) is 22.7. The fraction of sp³-hybridized carbons (Fsp3) is 0.857. The lowest BCUT2D eigenvalue weighted by Gasteiger charge is -2.16. The van der Waals surface area contributed by atoms with Gasteiger partial charge in [0.1, 0.15) is 0 Å². The van der Waals surface area contributed by atoms with Gasteiger partial charge in [-0.05, 0) is 19.1 Å². The Morgan fingerprint density at radius 1 is 1.73 bits per heavy atom. The fourth-order valence-electron chi connectivity index (χ4n) is 1.21. The Morgan fingerprint density at radius 2 is 2.27 bits per heavy atom. The molecule has 1 fully saturated rings. The van der Waals surface area contributed by atoms with Crippen LogP contribution in [0.25, 0.3) is 0 Å². The van der Waals surface area contributed by atoms with Gasteiger partial charge < -0.3 is 10.2 Å². The van der Waals surface area contributed by atoms with E-state index in [-0.39, 0.29) is 5.41 Å².